The first-order valence-corrected chi connectivity index (χ1v) is 13.4. The van der Waals surface area contributed by atoms with E-state index in [4.69, 9.17) is 27.6 Å². The Morgan fingerprint density at radius 1 is 0.868 bits per heavy atom. The maximum absolute atomic E-state index is 12.8. The van der Waals surface area contributed by atoms with Crippen LogP contribution in [0.25, 0.3) is 17.4 Å². The normalized spacial score (nSPS) is 16.3. The topological polar surface area (TPSA) is 83.1 Å². The van der Waals surface area contributed by atoms with Crippen LogP contribution in [-0.2, 0) is 4.79 Å². The molecule has 1 aromatic heterocycles. The highest BCUT2D eigenvalue weighted by atomic mass is 35.5. The van der Waals surface area contributed by atoms with Gasteiger partial charge in [0.15, 0.2) is 0 Å². The fourth-order valence-corrected chi connectivity index (χ4v) is 5.51. The molecule has 3 aromatic rings. The molecule has 2 aliphatic rings. The van der Waals surface area contributed by atoms with Gasteiger partial charge in [-0.1, -0.05) is 23.2 Å². The summed E-state index contributed by atoms with van der Waals surface area (Å²) in [6.45, 7) is 4.09. The zero-order valence-corrected chi connectivity index (χ0v) is 22.3. The molecule has 0 atom stereocenters. The van der Waals surface area contributed by atoms with Crippen LogP contribution in [0.4, 0.5) is 17.1 Å². The largest absolute Gasteiger partial charge is 0.457 e. The lowest BCUT2D eigenvalue weighted by molar-refractivity contribution is -0.384. The van der Waals surface area contributed by atoms with Crippen LogP contribution in [0.2, 0.25) is 10.0 Å². The number of amides is 1. The number of piperazine rings is 1. The van der Waals surface area contributed by atoms with Gasteiger partial charge in [0.1, 0.15) is 17.2 Å². The van der Waals surface area contributed by atoms with Crippen molar-refractivity contribution in [3.05, 3.63) is 80.5 Å². The molecule has 0 saturated carbocycles. The maximum Gasteiger partial charge on any atom is 0.292 e. The fraction of sp³-hybridized carbons (Fsp3) is 0.321. The summed E-state index contributed by atoms with van der Waals surface area (Å²) < 4.78 is 5.84. The Bertz CT molecular complexity index is 1340. The second-order valence-electron chi connectivity index (χ2n) is 9.48. The standard InChI is InChI=1S/C28H28Cl2N4O4/c29-21-16-20(17-22(30)18-21)27-8-5-24(38-27)6-9-28(35)33-14-12-31(13-15-33)23-4-7-25(34(36)37)26(19-23)32-10-2-1-3-11-32/h4-9,16-19H,1-3,10-15H2/b9-6+. The van der Waals surface area contributed by atoms with E-state index in [1.54, 1.807) is 41.3 Å². The molecule has 198 valence electrons. The van der Waals surface area contributed by atoms with Gasteiger partial charge in [-0.05, 0) is 67.8 Å². The fourth-order valence-electron chi connectivity index (χ4n) is 4.99. The lowest BCUT2D eigenvalue weighted by Crippen LogP contribution is -2.48. The maximum atomic E-state index is 12.8. The van der Waals surface area contributed by atoms with Crippen molar-refractivity contribution in [2.24, 2.45) is 0 Å². The van der Waals surface area contributed by atoms with Crippen LogP contribution in [0.15, 0.2) is 59.0 Å². The highest BCUT2D eigenvalue weighted by Crippen LogP contribution is 2.35. The molecule has 0 radical (unpaired) electrons. The van der Waals surface area contributed by atoms with Crippen LogP contribution in [0.3, 0.4) is 0 Å². The quantitative estimate of drug-likeness (QED) is 0.196. The zero-order chi connectivity index (χ0) is 26.6. The predicted octanol–water partition coefficient (Wildman–Crippen LogP) is 6.51. The van der Waals surface area contributed by atoms with E-state index in [9.17, 15) is 14.9 Å². The average molecular weight is 555 g/mol. The Hall–Kier alpha value is -3.49. The van der Waals surface area contributed by atoms with Gasteiger partial charge in [0, 0.05) is 72.7 Å². The van der Waals surface area contributed by atoms with Crippen molar-refractivity contribution in [3.8, 4) is 11.3 Å². The summed E-state index contributed by atoms with van der Waals surface area (Å²) in [7, 11) is 0. The third-order valence-electron chi connectivity index (χ3n) is 6.97. The average Bonchev–Trinajstić information content (AvgIpc) is 3.41. The monoisotopic (exact) mass is 554 g/mol. The smallest absolute Gasteiger partial charge is 0.292 e. The number of benzene rings is 2. The van der Waals surface area contributed by atoms with Crippen molar-refractivity contribution in [1.29, 1.82) is 0 Å². The molecule has 5 rings (SSSR count). The molecule has 2 saturated heterocycles. The Morgan fingerprint density at radius 3 is 2.26 bits per heavy atom. The minimum absolute atomic E-state index is 0.0916. The number of hydrogen-bond donors (Lipinski definition) is 0. The van der Waals surface area contributed by atoms with Gasteiger partial charge < -0.3 is 19.1 Å². The van der Waals surface area contributed by atoms with Crippen molar-refractivity contribution in [2.45, 2.75) is 19.3 Å². The van der Waals surface area contributed by atoms with Crippen LogP contribution in [0.1, 0.15) is 25.0 Å². The van der Waals surface area contributed by atoms with Crippen molar-refractivity contribution < 1.29 is 14.1 Å². The lowest BCUT2D eigenvalue weighted by Gasteiger charge is -2.36. The molecule has 2 fully saturated rings. The number of carbonyl (C=O) groups is 1. The third kappa shape index (κ3) is 5.97. The second kappa shape index (κ2) is 11.5. The highest BCUT2D eigenvalue weighted by Gasteiger charge is 2.25. The number of nitrogens with zero attached hydrogens (tertiary/aromatic N) is 4. The summed E-state index contributed by atoms with van der Waals surface area (Å²) in [4.78, 5) is 30.3. The first-order chi connectivity index (χ1) is 18.4. The Kier molecular flexibility index (Phi) is 7.90. The molecule has 8 nitrogen and oxygen atoms in total. The van der Waals surface area contributed by atoms with Crippen LogP contribution in [-0.4, -0.2) is 55.0 Å². The Morgan fingerprint density at radius 2 is 1.58 bits per heavy atom. The predicted molar refractivity (Wildman–Crippen MR) is 151 cm³/mol. The number of nitro groups is 1. The minimum Gasteiger partial charge on any atom is -0.457 e. The van der Waals surface area contributed by atoms with E-state index in [2.05, 4.69) is 9.80 Å². The Balaban J connectivity index is 1.21. The molecular weight excluding hydrogens is 527 g/mol. The number of halogens is 2. The molecule has 0 bridgehead atoms. The van der Waals surface area contributed by atoms with Crippen LogP contribution < -0.4 is 9.80 Å². The third-order valence-corrected chi connectivity index (χ3v) is 7.41. The van der Waals surface area contributed by atoms with E-state index >= 15 is 0 Å². The minimum atomic E-state index is -0.303. The first kappa shape index (κ1) is 26.1. The van der Waals surface area contributed by atoms with Crippen LogP contribution in [0.5, 0.6) is 0 Å². The summed E-state index contributed by atoms with van der Waals surface area (Å²) in [5.41, 5.74) is 2.54. The van der Waals surface area contributed by atoms with Crippen molar-refractivity contribution in [2.75, 3.05) is 49.1 Å². The first-order valence-electron chi connectivity index (χ1n) is 12.7. The molecule has 38 heavy (non-hydrogen) atoms. The van der Waals surface area contributed by atoms with Gasteiger partial charge in [0.25, 0.3) is 5.69 Å². The summed E-state index contributed by atoms with van der Waals surface area (Å²) in [6, 6.07) is 14.1. The number of nitro benzene ring substituents is 1. The van der Waals surface area contributed by atoms with Gasteiger partial charge in [-0.2, -0.15) is 0 Å². The van der Waals surface area contributed by atoms with Crippen LogP contribution >= 0.6 is 23.2 Å². The number of furan rings is 1. The van der Waals surface area contributed by atoms with E-state index in [0.717, 1.165) is 43.6 Å². The van der Waals surface area contributed by atoms with Crippen LogP contribution in [0, 0.1) is 10.1 Å². The molecule has 0 aliphatic carbocycles. The molecular formula is C28H28Cl2N4O4. The lowest BCUT2D eigenvalue weighted by atomic mass is 10.1. The summed E-state index contributed by atoms with van der Waals surface area (Å²) in [5, 5.41) is 12.7. The van der Waals surface area contributed by atoms with E-state index in [0.29, 0.717) is 53.4 Å². The number of anilines is 2. The van der Waals surface area contributed by atoms with E-state index < -0.39 is 0 Å². The van der Waals surface area contributed by atoms with Gasteiger partial charge in [0.05, 0.1) is 4.92 Å². The van der Waals surface area contributed by atoms with E-state index in [1.165, 1.54) is 6.08 Å². The van der Waals surface area contributed by atoms with Crippen molar-refractivity contribution in [3.63, 3.8) is 0 Å². The molecule has 2 aromatic carbocycles. The second-order valence-corrected chi connectivity index (χ2v) is 10.4. The van der Waals surface area contributed by atoms with Gasteiger partial charge in [-0.15, -0.1) is 0 Å². The molecule has 10 heteroatoms. The highest BCUT2D eigenvalue weighted by molar-refractivity contribution is 6.35. The molecule has 2 aliphatic heterocycles. The number of piperidine rings is 1. The van der Waals surface area contributed by atoms with E-state index in [-0.39, 0.29) is 16.5 Å². The molecule has 0 unspecified atom stereocenters. The zero-order valence-electron chi connectivity index (χ0n) is 20.8. The van der Waals surface area contributed by atoms with Gasteiger partial charge in [-0.25, -0.2) is 0 Å². The summed E-state index contributed by atoms with van der Waals surface area (Å²) in [6.07, 6.45) is 6.43. The molecule has 3 heterocycles. The summed E-state index contributed by atoms with van der Waals surface area (Å²) >= 11 is 12.2. The molecule has 0 spiro atoms. The van der Waals surface area contributed by atoms with Gasteiger partial charge in [-0.3, -0.25) is 14.9 Å². The van der Waals surface area contributed by atoms with Gasteiger partial charge in [0.2, 0.25) is 5.91 Å². The molecule has 0 N–H and O–H groups in total. The van der Waals surface area contributed by atoms with E-state index in [1.807, 2.05) is 18.2 Å². The number of rotatable bonds is 6. The van der Waals surface area contributed by atoms with Crippen molar-refractivity contribution >= 4 is 52.2 Å². The van der Waals surface area contributed by atoms with Gasteiger partial charge >= 0.3 is 0 Å². The number of hydrogen-bond acceptors (Lipinski definition) is 6. The Labute approximate surface area is 231 Å². The molecule has 1 amide bonds. The van der Waals surface area contributed by atoms with Crippen molar-refractivity contribution in [1.82, 2.24) is 4.90 Å². The SMILES string of the molecule is O=C(/C=C/c1ccc(-c2cc(Cl)cc(Cl)c2)o1)N1CCN(c2ccc([N+](=O)[O-])c(N3CCCCC3)c2)CC1. The summed E-state index contributed by atoms with van der Waals surface area (Å²) in [5.74, 6) is 1.08. The number of carbonyl (C=O) groups excluding carboxylic acids is 1.